The van der Waals surface area contributed by atoms with E-state index in [-0.39, 0.29) is 21.5 Å². The molecule has 0 unspecified atom stereocenters. The second kappa shape index (κ2) is 7.51. The Balaban J connectivity index is 2.05. The van der Waals surface area contributed by atoms with Crippen LogP contribution in [0.2, 0.25) is 10.0 Å². The summed E-state index contributed by atoms with van der Waals surface area (Å²) in [5, 5.41) is 12.7. The third kappa shape index (κ3) is 3.71. The molecular weight excluding hydrogens is 510 g/mol. The minimum atomic E-state index is -0.607. The first-order valence-corrected chi connectivity index (χ1v) is 9.37. The van der Waals surface area contributed by atoms with Gasteiger partial charge in [0.1, 0.15) is 11.3 Å². The Morgan fingerprint density at radius 3 is 2.54 bits per heavy atom. The van der Waals surface area contributed by atoms with Crippen molar-refractivity contribution < 1.29 is 14.7 Å². The van der Waals surface area contributed by atoms with Crippen molar-refractivity contribution in [1.29, 1.82) is 0 Å². The minimum Gasteiger partial charge on any atom is -0.507 e. The van der Waals surface area contributed by atoms with Gasteiger partial charge in [-0.15, -0.1) is 0 Å². The molecule has 0 aliphatic carbocycles. The second-order valence-corrected chi connectivity index (χ2v) is 7.66. The maximum atomic E-state index is 12.9. The number of carbonyl (C=O) groups is 2. The summed E-state index contributed by atoms with van der Waals surface area (Å²) in [5.41, 5.74) is 0.795. The highest BCUT2D eigenvalue weighted by atomic mass is 127. The molecule has 0 spiro atoms. The molecule has 0 radical (unpaired) electrons. The van der Waals surface area contributed by atoms with Gasteiger partial charge in [-0.25, -0.2) is 0 Å². The Hall–Kier alpha value is -1.68. The molecule has 1 aliphatic heterocycles. The molecule has 3 rings (SSSR count). The zero-order valence-corrected chi connectivity index (χ0v) is 17.3. The van der Waals surface area contributed by atoms with Crippen molar-refractivity contribution in [3.8, 4) is 5.75 Å². The fourth-order valence-electron chi connectivity index (χ4n) is 2.32. The van der Waals surface area contributed by atoms with E-state index in [0.717, 1.165) is 4.90 Å². The summed E-state index contributed by atoms with van der Waals surface area (Å²) in [4.78, 5) is 26.3. The van der Waals surface area contributed by atoms with Gasteiger partial charge in [0.05, 0.1) is 14.3 Å². The van der Waals surface area contributed by atoms with Gasteiger partial charge in [-0.3, -0.25) is 19.8 Å². The van der Waals surface area contributed by atoms with Crippen molar-refractivity contribution in [2.24, 2.45) is 0 Å². The fraction of sp³-hybridized carbons (Fsp3) is 0. The third-order valence-electron chi connectivity index (χ3n) is 3.54. The van der Waals surface area contributed by atoms with Crippen molar-refractivity contribution in [3.63, 3.8) is 0 Å². The predicted molar refractivity (Wildman–Crippen MR) is 113 cm³/mol. The van der Waals surface area contributed by atoms with E-state index in [9.17, 15) is 14.7 Å². The monoisotopic (exact) mass is 518 g/mol. The molecule has 2 aromatic rings. The predicted octanol–water partition coefficient (Wildman–Crippen LogP) is 4.13. The number of thiocarbonyl (C=S) groups is 1. The number of amides is 2. The number of phenols is 1. The third-order valence-corrected chi connectivity index (χ3v) is 5.22. The lowest BCUT2D eigenvalue weighted by Gasteiger charge is -2.29. The number of benzene rings is 2. The molecular formula is C17H9Cl2IN2O3S. The van der Waals surface area contributed by atoms with Crippen molar-refractivity contribution in [3.05, 3.63) is 61.2 Å². The van der Waals surface area contributed by atoms with Crippen LogP contribution in [-0.2, 0) is 9.59 Å². The molecule has 9 heteroatoms. The van der Waals surface area contributed by atoms with Crippen LogP contribution in [0.4, 0.5) is 5.69 Å². The normalized spacial score (nSPS) is 16.2. The number of rotatable bonds is 2. The number of nitrogens with one attached hydrogen (secondary N) is 1. The van der Waals surface area contributed by atoms with Crippen LogP contribution >= 0.6 is 58.0 Å². The van der Waals surface area contributed by atoms with E-state index in [2.05, 4.69) is 5.32 Å². The van der Waals surface area contributed by atoms with Gasteiger partial charge < -0.3 is 5.11 Å². The molecule has 1 aliphatic rings. The van der Waals surface area contributed by atoms with Crippen LogP contribution in [0.1, 0.15) is 5.56 Å². The summed E-state index contributed by atoms with van der Waals surface area (Å²) in [5.74, 6) is -1.10. The van der Waals surface area contributed by atoms with Gasteiger partial charge in [0.15, 0.2) is 5.11 Å². The van der Waals surface area contributed by atoms with Crippen LogP contribution < -0.4 is 10.2 Å². The SMILES string of the molecule is O=C1NC(=S)N(c2ccc(Cl)cc2Cl)C(=O)/C1=C/c1ccc(O)c(I)c1. The molecule has 1 saturated heterocycles. The maximum Gasteiger partial charge on any atom is 0.270 e. The highest BCUT2D eigenvalue weighted by molar-refractivity contribution is 14.1. The Morgan fingerprint density at radius 1 is 1.15 bits per heavy atom. The smallest absolute Gasteiger partial charge is 0.270 e. The van der Waals surface area contributed by atoms with Gasteiger partial charge in [-0.2, -0.15) is 0 Å². The van der Waals surface area contributed by atoms with Crippen molar-refractivity contribution in [2.75, 3.05) is 4.90 Å². The number of hydrogen-bond donors (Lipinski definition) is 2. The van der Waals surface area contributed by atoms with Gasteiger partial charge in [0.2, 0.25) is 0 Å². The molecule has 2 amide bonds. The molecule has 2 N–H and O–H groups in total. The summed E-state index contributed by atoms with van der Waals surface area (Å²) in [7, 11) is 0. The van der Waals surface area contributed by atoms with E-state index in [1.54, 1.807) is 24.3 Å². The summed E-state index contributed by atoms with van der Waals surface area (Å²) < 4.78 is 0.591. The van der Waals surface area contributed by atoms with Crippen LogP contribution in [0.15, 0.2) is 42.0 Å². The molecule has 0 bridgehead atoms. The van der Waals surface area contributed by atoms with Crippen LogP contribution in [0.25, 0.3) is 6.08 Å². The highest BCUT2D eigenvalue weighted by Crippen LogP contribution is 2.31. The standard InChI is InChI=1S/C17H9Cl2IN2O3S/c18-9-2-3-13(11(19)7-9)22-16(25)10(15(24)21-17(22)26)5-8-1-4-14(23)12(20)6-8/h1-7,23H,(H,21,24,26)/b10-5+. The van der Waals surface area contributed by atoms with Crippen LogP contribution in [0.3, 0.4) is 0 Å². The lowest BCUT2D eigenvalue weighted by atomic mass is 10.1. The first-order chi connectivity index (χ1) is 12.3. The van der Waals surface area contributed by atoms with Crippen LogP contribution in [0.5, 0.6) is 5.75 Å². The fourth-order valence-corrected chi connectivity index (χ4v) is 3.62. The van der Waals surface area contributed by atoms with Crippen molar-refractivity contribution in [2.45, 2.75) is 0 Å². The second-order valence-electron chi connectivity index (χ2n) is 5.26. The Kier molecular flexibility index (Phi) is 5.52. The van der Waals surface area contributed by atoms with Gasteiger partial charge in [-0.1, -0.05) is 29.3 Å². The summed E-state index contributed by atoms with van der Waals surface area (Å²) in [6.45, 7) is 0. The van der Waals surface area contributed by atoms with E-state index in [0.29, 0.717) is 19.8 Å². The van der Waals surface area contributed by atoms with Crippen molar-refractivity contribution >= 4 is 86.7 Å². The van der Waals surface area contributed by atoms with Gasteiger partial charge in [0, 0.05) is 5.02 Å². The van der Waals surface area contributed by atoms with Crippen molar-refractivity contribution in [1.82, 2.24) is 5.32 Å². The summed E-state index contributed by atoms with van der Waals surface area (Å²) >= 11 is 19.2. The minimum absolute atomic E-state index is 0.0679. The van der Waals surface area contributed by atoms with Gasteiger partial charge in [0.25, 0.3) is 11.8 Å². The number of aromatic hydroxyl groups is 1. The molecule has 0 atom stereocenters. The lowest BCUT2D eigenvalue weighted by molar-refractivity contribution is -0.122. The van der Waals surface area contributed by atoms with Crippen LogP contribution in [-0.4, -0.2) is 22.0 Å². The maximum absolute atomic E-state index is 12.9. The van der Waals surface area contributed by atoms with E-state index in [4.69, 9.17) is 35.4 Å². The number of anilines is 1. The number of hydrogen-bond acceptors (Lipinski definition) is 4. The molecule has 132 valence electrons. The molecule has 1 fully saturated rings. The topological polar surface area (TPSA) is 69.6 Å². The quantitative estimate of drug-likeness (QED) is 0.271. The Bertz CT molecular complexity index is 994. The number of nitrogens with zero attached hydrogens (tertiary/aromatic N) is 1. The number of halogens is 3. The van der Waals surface area contributed by atoms with E-state index in [1.165, 1.54) is 18.2 Å². The van der Waals surface area contributed by atoms with Crippen LogP contribution in [0, 0.1) is 3.57 Å². The molecule has 26 heavy (non-hydrogen) atoms. The molecule has 5 nitrogen and oxygen atoms in total. The lowest BCUT2D eigenvalue weighted by Crippen LogP contribution is -2.54. The van der Waals surface area contributed by atoms with E-state index >= 15 is 0 Å². The average Bonchev–Trinajstić information content (AvgIpc) is 2.56. The molecule has 2 aromatic carbocycles. The molecule has 0 aromatic heterocycles. The van der Waals surface area contributed by atoms with Gasteiger partial charge in [-0.05, 0) is 76.8 Å². The van der Waals surface area contributed by atoms with E-state index < -0.39 is 11.8 Å². The number of carbonyl (C=O) groups excluding carboxylic acids is 2. The first kappa shape index (κ1) is 19.1. The van der Waals surface area contributed by atoms with E-state index in [1.807, 2.05) is 22.6 Å². The van der Waals surface area contributed by atoms with Gasteiger partial charge >= 0.3 is 0 Å². The zero-order chi connectivity index (χ0) is 19.0. The summed E-state index contributed by atoms with van der Waals surface area (Å²) in [6.07, 6.45) is 1.43. The molecule has 1 heterocycles. The zero-order valence-electron chi connectivity index (χ0n) is 12.8. The molecule has 0 saturated carbocycles. The Labute approximate surface area is 177 Å². The highest BCUT2D eigenvalue weighted by Gasteiger charge is 2.35. The number of phenolic OH excluding ortho intramolecular Hbond substituents is 1. The average molecular weight is 519 g/mol. The largest absolute Gasteiger partial charge is 0.507 e. The first-order valence-electron chi connectivity index (χ1n) is 7.13. The Morgan fingerprint density at radius 2 is 1.88 bits per heavy atom. The summed E-state index contributed by atoms with van der Waals surface area (Å²) in [6, 6.07) is 9.33.